The Morgan fingerprint density at radius 2 is 1.90 bits per heavy atom. The van der Waals surface area contributed by atoms with Crippen LogP contribution in [-0.4, -0.2) is 29.8 Å². The van der Waals surface area contributed by atoms with E-state index in [9.17, 15) is 4.79 Å². The van der Waals surface area contributed by atoms with Crippen molar-refractivity contribution >= 4 is 11.4 Å². The molecule has 21 heavy (non-hydrogen) atoms. The van der Waals surface area contributed by atoms with Crippen LogP contribution in [0, 0.1) is 11.3 Å². The van der Waals surface area contributed by atoms with Gasteiger partial charge in [0.1, 0.15) is 0 Å². The van der Waals surface area contributed by atoms with Crippen LogP contribution in [0.25, 0.3) is 5.57 Å². The van der Waals surface area contributed by atoms with Gasteiger partial charge in [-0.3, -0.25) is 9.78 Å². The van der Waals surface area contributed by atoms with E-state index in [1.54, 1.807) is 55.0 Å². The fourth-order valence-electron chi connectivity index (χ4n) is 1.94. The van der Waals surface area contributed by atoms with Crippen LogP contribution in [0.1, 0.15) is 21.5 Å². The molecule has 0 saturated heterocycles. The summed E-state index contributed by atoms with van der Waals surface area (Å²) in [6.45, 7) is 0. The zero-order valence-corrected chi connectivity index (χ0v) is 11.9. The van der Waals surface area contributed by atoms with E-state index in [2.05, 4.69) is 4.98 Å². The molecule has 4 nitrogen and oxygen atoms in total. The number of carbonyl (C=O) groups is 1. The van der Waals surface area contributed by atoms with Crippen LogP contribution in [0.2, 0.25) is 0 Å². The first-order valence-electron chi connectivity index (χ1n) is 6.45. The monoisotopic (exact) mass is 277 g/mol. The topological polar surface area (TPSA) is 57.0 Å². The molecule has 0 unspecified atom stereocenters. The van der Waals surface area contributed by atoms with Gasteiger partial charge in [-0.2, -0.15) is 5.26 Å². The largest absolute Gasteiger partial charge is 0.383 e. The maximum Gasteiger partial charge on any atom is 0.195 e. The summed E-state index contributed by atoms with van der Waals surface area (Å²) in [4.78, 5) is 18.5. The van der Waals surface area contributed by atoms with E-state index < -0.39 is 0 Å². The second-order valence-electron chi connectivity index (χ2n) is 4.76. The summed E-state index contributed by atoms with van der Waals surface area (Å²) in [7, 11) is 3.72. The predicted molar refractivity (Wildman–Crippen MR) is 81.4 cm³/mol. The zero-order chi connectivity index (χ0) is 15.2. The van der Waals surface area contributed by atoms with Gasteiger partial charge >= 0.3 is 0 Å². The van der Waals surface area contributed by atoms with Gasteiger partial charge < -0.3 is 4.90 Å². The maximum atomic E-state index is 12.7. The van der Waals surface area contributed by atoms with Gasteiger partial charge in [0.15, 0.2) is 5.78 Å². The van der Waals surface area contributed by atoms with E-state index in [0.717, 1.165) is 5.56 Å². The number of Topliss-reactive ketones (excluding diaryl/α,β-unsaturated/α-hetero) is 1. The highest BCUT2D eigenvalue weighted by Gasteiger charge is 2.15. The maximum absolute atomic E-state index is 12.7. The molecule has 0 radical (unpaired) electrons. The Morgan fingerprint density at radius 1 is 1.19 bits per heavy atom. The van der Waals surface area contributed by atoms with Gasteiger partial charge in [0, 0.05) is 43.8 Å². The minimum atomic E-state index is -0.119. The van der Waals surface area contributed by atoms with Crippen molar-refractivity contribution in [2.75, 3.05) is 14.1 Å². The van der Waals surface area contributed by atoms with E-state index in [4.69, 9.17) is 5.26 Å². The average Bonchev–Trinajstić information content (AvgIpc) is 2.52. The number of aromatic nitrogens is 1. The Balaban J connectivity index is 2.47. The van der Waals surface area contributed by atoms with Crippen molar-refractivity contribution in [3.05, 3.63) is 71.7 Å². The van der Waals surface area contributed by atoms with E-state index in [1.807, 2.05) is 25.1 Å². The molecule has 1 heterocycles. The molecule has 0 fully saturated rings. The Bertz CT molecular complexity index is 712. The van der Waals surface area contributed by atoms with Crippen LogP contribution in [0.3, 0.4) is 0 Å². The summed E-state index contributed by atoms with van der Waals surface area (Å²) in [5, 5.41) is 8.95. The smallest absolute Gasteiger partial charge is 0.195 e. The predicted octanol–water partition coefficient (Wildman–Crippen LogP) is 2.74. The number of nitriles is 1. The summed E-state index contributed by atoms with van der Waals surface area (Å²) < 4.78 is 0. The number of hydrogen-bond donors (Lipinski definition) is 0. The van der Waals surface area contributed by atoms with Gasteiger partial charge in [-0.1, -0.05) is 12.1 Å². The quantitative estimate of drug-likeness (QED) is 0.637. The molecular formula is C17H15N3O. The van der Waals surface area contributed by atoms with Crippen LogP contribution in [0.15, 0.2) is 55.0 Å². The molecule has 0 amide bonds. The summed E-state index contributed by atoms with van der Waals surface area (Å²) in [5.74, 6) is -0.119. The van der Waals surface area contributed by atoms with Crippen LogP contribution in [0.4, 0.5) is 0 Å². The molecule has 1 aromatic carbocycles. The van der Waals surface area contributed by atoms with Crippen molar-refractivity contribution in [1.82, 2.24) is 9.88 Å². The lowest BCUT2D eigenvalue weighted by atomic mass is 9.97. The number of carbonyl (C=O) groups excluding carboxylic acids is 1. The second-order valence-corrected chi connectivity index (χ2v) is 4.76. The molecule has 0 bridgehead atoms. The lowest BCUT2D eigenvalue weighted by molar-refractivity contribution is 0.105. The first kappa shape index (κ1) is 14.5. The zero-order valence-electron chi connectivity index (χ0n) is 11.9. The summed E-state index contributed by atoms with van der Waals surface area (Å²) in [6, 6.07) is 12.3. The van der Waals surface area contributed by atoms with Crippen molar-refractivity contribution < 1.29 is 4.79 Å². The van der Waals surface area contributed by atoms with Gasteiger partial charge in [0.2, 0.25) is 0 Å². The van der Waals surface area contributed by atoms with Gasteiger partial charge in [-0.15, -0.1) is 0 Å². The average molecular weight is 277 g/mol. The molecular weight excluding hydrogens is 262 g/mol. The van der Waals surface area contributed by atoms with Crippen LogP contribution in [0.5, 0.6) is 0 Å². The van der Waals surface area contributed by atoms with Gasteiger partial charge in [-0.25, -0.2) is 0 Å². The van der Waals surface area contributed by atoms with Crippen LogP contribution < -0.4 is 0 Å². The van der Waals surface area contributed by atoms with Gasteiger partial charge in [0.05, 0.1) is 11.6 Å². The fraction of sp³-hybridized carbons (Fsp3) is 0.118. The molecule has 104 valence electrons. The van der Waals surface area contributed by atoms with Crippen molar-refractivity contribution in [3.8, 4) is 6.07 Å². The highest BCUT2D eigenvalue weighted by molar-refractivity contribution is 6.28. The van der Waals surface area contributed by atoms with E-state index in [1.165, 1.54) is 0 Å². The number of allylic oxidation sites excluding steroid dienone is 1. The molecule has 1 aromatic heterocycles. The standard InChI is InChI=1S/C17H15N3O/c1-20(2)12-16(14-6-8-19-9-7-14)17(21)15-5-3-4-13(10-15)11-18/h3-10,12H,1-2H3. The Kier molecular flexibility index (Phi) is 4.47. The minimum absolute atomic E-state index is 0.119. The second kappa shape index (κ2) is 6.49. The molecule has 4 heteroatoms. The third-order valence-electron chi connectivity index (χ3n) is 2.88. The van der Waals surface area contributed by atoms with Gasteiger partial charge in [-0.05, 0) is 29.8 Å². The first-order valence-corrected chi connectivity index (χ1v) is 6.45. The van der Waals surface area contributed by atoms with E-state index in [0.29, 0.717) is 16.7 Å². The molecule has 0 saturated carbocycles. The van der Waals surface area contributed by atoms with E-state index in [-0.39, 0.29) is 5.78 Å². The molecule has 0 spiro atoms. The fourth-order valence-corrected chi connectivity index (χ4v) is 1.94. The Morgan fingerprint density at radius 3 is 2.52 bits per heavy atom. The molecule has 0 aliphatic rings. The normalized spacial score (nSPS) is 10.8. The number of benzene rings is 1. The highest BCUT2D eigenvalue weighted by Crippen LogP contribution is 2.20. The molecule has 2 rings (SSSR count). The minimum Gasteiger partial charge on any atom is -0.383 e. The number of pyridine rings is 1. The first-order chi connectivity index (χ1) is 10.1. The van der Waals surface area contributed by atoms with E-state index >= 15 is 0 Å². The van der Waals surface area contributed by atoms with Crippen molar-refractivity contribution in [1.29, 1.82) is 5.26 Å². The highest BCUT2D eigenvalue weighted by atomic mass is 16.1. The molecule has 0 aliphatic heterocycles. The number of ketones is 1. The van der Waals surface area contributed by atoms with Crippen molar-refractivity contribution in [2.45, 2.75) is 0 Å². The summed E-state index contributed by atoms with van der Waals surface area (Å²) in [5.41, 5.74) is 2.34. The molecule has 0 N–H and O–H groups in total. The van der Waals surface area contributed by atoms with Crippen molar-refractivity contribution in [3.63, 3.8) is 0 Å². The Hall–Kier alpha value is -2.93. The third-order valence-corrected chi connectivity index (χ3v) is 2.88. The lowest BCUT2D eigenvalue weighted by Gasteiger charge is -2.12. The molecule has 2 aromatic rings. The third kappa shape index (κ3) is 3.54. The summed E-state index contributed by atoms with van der Waals surface area (Å²) in [6.07, 6.45) is 5.08. The van der Waals surface area contributed by atoms with Gasteiger partial charge in [0.25, 0.3) is 0 Å². The molecule has 0 atom stereocenters. The lowest BCUT2D eigenvalue weighted by Crippen LogP contribution is -2.09. The van der Waals surface area contributed by atoms with Crippen LogP contribution in [-0.2, 0) is 0 Å². The SMILES string of the molecule is CN(C)C=C(C(=O)c1cccc(C#N)c1)c1ccncc1. The van der Waals surface area contributed by atoms with Crippen LogP contribution >= 0.6 is 0 Å². The summed E-state index contributed by atoms with van der Waals surface area (Å²) >= 11 is 0. The number of nitrogens with zero attached hydrogens (tertiary/aromatic N) is 3. The number of hydrogen-bond acceptors (Lipinski definition) is 4. The molecule has 0 aliphatic carbocycles. The Labute approximate surface area is 124 Å². The van der Waals surface area contributed by atoms with Crippen molar-refractivity contribution in [2.24, 2.45) is 0 Å². The number of rotatable bonds is 4.